The number of nitrogens with zero attached hydrogens (tertiary/aromatic N) is 3. The topological polar surface area (TPSA) is 37.6 Å². The Hall–Kier alpha value is -2.62. The average molecular weight is 293 g/mol. The summed E-state index contributed by atoms with van der Waals surface area (Å²) in [6, 6.07) is 14.0. The van der Waals surface area contributed by atoms with Gasteiger partial charge in [0.2, 0.25) is 0 Å². The Morgan fingerprint density at radius 3 is 2.64 bits per heavy atom. The van der Waals surface area contributed by atoms with E-state index in [4.69, 9.17) is 0 Å². The lowest BCUT2D eigenvalue weighted by atomic mass is 10.2. The second kappa shape index (κ2) is 5.64. The molecule has 22 heavy (non-hydrogen) atoms. The third-order valence-electron chi connectivity index (χ3n) is 3.77. The first kappa shape index (κ1) is 14.3. The fourth-order valence-electron chi connectivity index (χ4n) is 2.63. The smallest absolute Gasteiger partial charge is 0.272 e. The second-order valence-corrected chi connectivity index (χ2v) is 5.62. The molecule has 0 bridgehead atoms. The van der Waals surface area contributed by atoms with Gasteiger partial charge >= 0.3 is 0 Å². The van der Waals surface area contributed by atoms with Gasteiger partial charge in [0.15, 0.2) is 0 Å². The SMILES string of the molecule is Cc1ccn2c(C(=O)N(C)Cc3ccccc3)c(C)nc2c1. The van der Waals surface area contributed by atoms with Crippen LogP contribution in [0.25, 0.3) is 5.65 Å². The lowest BCUT2D eigenvalue weighted by Crippen LogP contribution is -2.27. The van der Waals surface area contributed by atoms with Crippen molar-refractivity contribution in [3.8, 4) is 0 Å². The molecule has 0 saturated carbocycles. The van der Waals surface area contributed by atoms with Crippen molar-refractivity contribution in [2.45, 2.75) is 20.4 Å². The molecule has 1 amide bonds. The molecule has 0 aliphatic heterocycles. The molecule has 112 valence electrons. The van der Waals surface area contributed by atoms with E-state index in [0.29, 0.717) is 12.2 Å². The van der Waals surface area contributed by atoms with Gasteiger partial charge in [0.25, 0.3) is 5.91 Å². The van der Waals surface area contributed by atoms with Crippen molar-refractivity contribution in [3.05, 3.63) is 71.2 Å². The van der Waals surface area contributed by atoms with E-state index in [0.717, 1.165) is 22.5 Å². The van der Waals surface area contributed by atoms with Crippen molar-refractivity contribution < 1.29 is 4.79 Å². The van der Waals surface area contributed by atoms with E-state index in [1.54, 1.807) is 4.90 Å². The Kier molecular flexibility index (Phi) is 3.67. The van der Waals surface area contributed by atoms with Crippen LogP contribution in [0.15, 0.2) is 48.7 Å². The summed E-state index contributed by atoms with van der Waals surface area (Å²) in [4.78, 5) is 19.0. The molecular formula is C18H19N3O. The van der Waals surface area contributed by atoms with Crippen LogP contribution in [0.4, 0.5) is 0 Å². The Bertz CT molecular complexity index is 821. The normalized spacial score (nSPS) is 10.9. The van der Waals surface area contributed by atoms with E-state index >= 15 is 0 Å². The molecule has 3 rings (SSSR count). The molecule has 0 unspecified atom stereocenters. The van der Waals surface area contributed by atoms with Crippen molar-refractivity contribution in [3.63, 3.8) is 0 Å². The van der Waals surface area contributed by atoms with Crippen LogP contribution in [-0.2, 0) is 6.54 Å². The highest BCUT2D eigenvalue weighted by atomic mass is 16.2. The van der Waals surface area contributed by atoms with Crippen LogP contribution in [-0.4, -0.2) is 27.2 Å². The van der Waals surface area contributed by atoms with Crippen molar-refractivity contribution >= 4 is 11.6 Å². The molecule has 2 heterocycles. The number of aryl methyl sites for hydroxylation is 2. The van der Waals surface area contributed by atoms with E-state index in [1.807, 2.05) is 74.0 Å². The third-order valence-corrected chi connectivity index (χ3v) is 3.77. The van der Waals surface area contributed by atoms with Gasteiger partial charge in [0, 0.05) is 19.8 Å². The molecule has 0 N–H and O–H groups in total. The molecule has 0 atom stereocenters. The molecule has 0 spiro atoms. The number of rotatable bonds is 3. The fraction of sp³-hybridized carbons (Fsp3) is 0.222. The quantitative estimate of drug-likeness (QED) is 0.743. The largest absolute Gasteiger partial charge is 0.336 e. The van der Waals surface area contributed by atoms with Gasteiger partial charge in [-0.2, -0.15) is 0 Å². The molecule has 1 aromatic carbocycles. The van der Waals surface area contributed by atoms with Crippen molar-refractivity contribution in [1.82, 2.24) is 14.3 Å². The zero-order chi connectivity index (χ0) is 15.7. The Labute approximate surface area is 130 Å². The summed E-state index contributed by atoms with van der Waals surface area (Å²) < 4.78 is 1.87. The number of amides is 1. The summed E-state index contributed by atoms with van der Waals surface area (Å²) >= 11 is 0. The van der Waals surface area contributed by atoms with Crippen molar-refractivity contribution in [2.24, 2.45) is 0 Å². The van der Waals surface area contributed by atoms with Crippen LogP contribution in [0, 0.1) is 13.8 Å². The molecule has 4 nitrogen and oxygen atoms in total. The molecule has 0 aliphatic rings. The first-order valence-electron chi connectivity index (χ1n) is 7.31. The van der Waals surface area contributed by atoms with Gasteiger partial charge in [-0.15, -0.1) is 0 Å². The summed E-state index contributed by atoms with van der Waals surface area (Å²) in [5.74, 6) is -0.0160. The van der Waals surface area contributed by atoms with E-state index in [-0.39, 0.29) is 5.91 Å². The number of fused-ring (bicyclic) bond motifs is 1. The maximum atomic E-state index is 12.8. The number of carbonyl (C=O) groups is 1. The summed E-state index contributed by atoms with van der Waals surface area (Å²) in [6.07, 6.45) is 1.91. The standard InChI is InChI=1S/C18H19N3O/c1-13-9-10-21-16(11-13)19-14(2)17(21)18(22)20(3)12-15-7-5-4-6-8-15/h4-11H,12H2,1-3H3. The minimum absolute atomic E-state index is 0.0160. The lowest BCUT2D eigenvalue weighted by molar-refractivity contribution is 0.0777. The number of pyridine rings is 1. The van der Waals surface area contributed by atoms with E-state index in [9.17, 15) is 4.79 Å². The maximum absolute atomic E-state index is 12.8. The zero-order valence-electron chi connectivity index (χ0n) is 13.1. The van der Waals surface area contributed by atoms with Crippen LogP contribution in [0.5, 0.6) is 0 Å². The molecule has 2 aromatic heterocycles. The predicted octanol–water partition coefficient (Wildman–Crippen LogP) is 3.22. The molecule has 0 radical (unpaired) electrons. The fourth-order valence-corrected chi connectivity index (χ4v) is 2.63. The first-order chi connectivity index (χ1) is 10.6. The van der Waals surface area contributed by atoms with Crippen molar-refractivity contribution in [1.29, 1.82) is 0 Å². The van der Waals surface area contributed by atoms with Crippen LogP contribution in [0.3, 0.4) is 0 Å². The van der Waals surface area contributed by atoms with E-state index in [1.165, 1.54) is 0 Å². The van der Waals surface area contributed by atoms with Gasteiger partial charge in [-0.05, 0) is 37.1 Å². The highest BCUT2D eigenvalue weighted by molar-refractivity contribution is 5.94. The highest BCUT2D eigenvalue weighted by Gasteiger charge is 2.20. The summed E-state index contributed by atoms with van der Waals surface area (Å²) in [7, 11) is 1.82. The number of carbonyl (C=O) groups excluding carboxylic acids is 1. The molecule has 3 aromatic rings. The van der Waals surface area contributed by atoms with Gasteiger partial charge in [-0.1, -0.05) is 30.3 Å². The van der Waals surface area contributed by atoms with Gasteiger partial charge in [0.1, 0.15) is 11.3 Å². The summed E-state index contributed by atoms with van der Waals surface area (Å²) in [5, 5.41) is 0. The van der Waals surface area contributed by atoms with E-state index in [2.05, 4.69) is 4.98 Å². The number of hydrogen-bond acceptors (Lipinski definition) is 2. The molecule has 0 aliphatic carbocycles. The molecule has 0 fully saturated rings. The van der Waals surface area contributed by atoms with E-state index < -0.39 is 0 Å². The number of imidazole rings is 1. The Morgan fingerprint density at radius 2 is 1.91 bits per heavy atom. The lowest BCUT2D eigenvalue weighted by Gasteiger charge is -2.17. The maximum Gasteiger partial charge on any atom is 0.272 e. The van der Waals surface area contributed by atoms with Crippen LogP contribution in [0.2, 0.25) is 0 Å². The summed E-state index contributed by atoms with van der Waals surface area (Å²) in [5.41, 5.74) is 4.45. The highest BCUT2D eigenvalue weighted by Crippen LogP contribution is 2.16. The second-order valence-electron chi connectivity index (χ2n) is 5.62. The van der Waals surface area contributed by atoms with Gasteiger partial charge < -0.3 is 4.90 Å². The average Bonchev–Trinajstić information content (AvgIpc) is 2.82. The first-order valence-corrected chi connectivity index (χ1v) is 7.31. The van der Waals surface area contributed by atoms with Gasteiger partial charge in [-0.25, -0.2) is 4.98 Å². The third kappa shape index (κ3) is 2.60. The van der Waals surface area contributed by atoms with Crippen LogP contribution >= 0.6 is 0 Å². The number of aromatic nitrogens is 2. The molecular weight excluding hydrogens is 274 g/mol. The van der Waals surface area contributed by atoms with Crippen molar-refractivity contribution in [2.75, 3.05) is 7.05 Å². The monoisotopic (exact) mass is 293 g/mol. The number of benzene rings is 1. The minimum Gasteiger partial charge on any atom is -0.336 e. The van der Waals surface area contributed by atoms with Crippen LogP contribution < -0.4 is 0 Å². The number of hydrogen-bond donors (Lipinski definition) is 0. The zero-order valence-corrected chi connectivity index (χ0v) is 13.1. The Balaban J connectivity index is 1.93. The Morgan fingerprint density at radius 1 is 1.18 bits per heavy atom. The summed E-state index contributed by atoms with van der Waals surface area (Å²) in [6.45, 7) is 4.48. The molecule has 4 heteroatoms. The van der Waals surface area contributed by atoms with Gasteiger partial charge in [0.05, 0.1) is 5.69 Å². The minimum atomic E-state index is -0.0160. The van der Waals surface area contributed by atoms with Gasteiger partial charge in [-0.3, -0.25) is 9.20 Å². The predicted molar refractivity (Wildman–Crippen MR) is 86.9 cm³/mol. The molecule has 0 saturated heterocycles. The van der Waals surface area contributed by atoms with Crippen LogP contribution in [0.1, 0.15) is 27.3 Å².